The lowest BCUT2D eigenvalue weighted by Gasteiger charge is -2.36. The SMILES string of the molecule is CC(C)(C)S(=O)(=O)c1ccc(N2CCN(C(=O)Cc3ccccc3)CC2)cn1. The molecule has 6 nitrogen and oxygen atoms in total. The van der Waals surface area contributed by atoms with Gasteiger partial charge in [0.2, 0.25) is 5.91 Å². The molecule has 1 aromatic heterocycles. The van der Waals surface area contributed by atoms with Crippen LogP contribution in [0, 0.1) is 0 Å². The van der Waals surface area contributed by atoms with E-state index in [0.717, 1.165) is 11.3 Å². The molecule has 3 rings (SSSR count). The second kappa shape index (κ2) is 7.91. The van der Waals surface area contributed by atoms with Crippen LogP contribution in [0.3, 0.4) is 0 Å². The van der Waals surface area contributed by atoms with Crippen LogP contribution in [0.1, 0.15) is 26.3 Å². The van der Waals surface area contributed by atoms with E-state index in [0.29, 0.717) is 32.6 Å². The Balaban J connectivity index is 1.60. The van der Waals surface area contributed by atoms with E-state index < -0.39 is 14.6 Å². The van der Waals surface area contributed by atoms with E-state index in [9.17, 15) is 13.2 Å². The van der Waals surface area contributed by atoms with Crippen molar-refractivity contribution in [3.8, 4) is 0 Å². The quantitative estimate of drug-likeness (QED) is 0.787. The third-order valence-corrected chi connectivity index (χ3v) is 7.40. The lowest BCUT2D eigenvalue weighted by atomic mass is 10.1. The normalized spacial score (nSPS) is 15.5. The molecule has 1 aromatic carbocycles. The summed E-state index contributed by atoms with van der Waals surface area (Å²) < 4.78 is 24.1. The minimum absolute atomic E-state index is 0.0976. The van der Waals surface area contributed by atoms with Gasteiger partial charge >= 0.3 is 0 Å². The Bertz CT molecular complexity index is 912. The number of aromatic nitrogens is 1. The largest absolute Gasteiger partial charge is 0.367 e. The molecule has 150 valence electrons. The monoisotopic (exact) mass is 401 g/mol. The fraction of sp³-hybridized carbons (Fsp3) is 0.429. The summed E-state index contributed by atoms with van der Waals surface area (Å²) in [6, 6.07) is 13.1. The van der Waals surface area contributed by atoms with Crippen LogP contribution in [0.4, 0.5) is 5.69 Å². The number of sulfone groups is 1. The molecule has 1 saturated heterocycles. The van der Waals surface area contributed by atoms with Gasteiger partial charge in [-0.15, -0.1) is 0 Å². The number of hydrogen-bond donors (Lipinski definition) is 0. The van der Waals surface area contributed by atoms with Gasteiger partial charge in [-0.25, -0.2) is 13.4 Å². The van der Waals surface area contributed by atoms with Crippen molar-refractivity contribution in [1.29, 1.82) is 0 Å². The summed E-state index contributed by atoms with van der Waals surface area (Å²) in [7, 11) is -3.46. The summed E-state index contributed by atoms with van der Waals surface area (Å²) in [5.41, 5.74) is 1.90. The number of piperazine rings is 1. The van der Waals surface area contributed by atoms with Crippen LogP contribution in [-0.4, -0.2) is 55.1 Å². The van der Waals surface area contributed by atoms with Crippen molar-refractivity contribution in [1.82, 2.24) is 9.88 Å². The highest BCUT2D eigenvalue weighted by Crippen LogP contribution is 2.25. The summed E-state index contributed by atoms with van der Waals surface area (Å²) in [5.74, 6) is 0.135. The van der Waals surface area contributed by atoms with Gasteiger partial charge in [0.25, 0.3) is 0 Å². The first-order valence-electron chi connectivity index (χ1n) is 9.46. The van der Waals surface area contributed by atoms with E-state index in [4.69, 9.17) is 0 Å². The number of pyridine rings is 1. The van der Waals surface area contributed by atoms with Gasteiger partial charge in [-0.05, 0) is 38.5 Å². The first kappa shape index (κ1) is 20.3. The Morgan fingerprint density at radius 2 is 1.64 bits per heavy atom. The topological polar surface area (TPSA) is 70.6 Å². The molecule has 1 aliphatic heterocycles. The molecule has 1 amide bonds. The second-order valence-electron chi connectivity index (χ2n) is 8.00. The molecule has 0 bridgehead atoms. The van der Waals surface area contributed by atoms with E-state index in [-0.39, 0.29) is 10.9 Å². The summed E-state index contributed by atoms with van der Waals surface area (Å²) >= 11 is 0. The van der Waals surface area contributed by atoms with Crippen LogP contribution in [0.15, 0.2) is 53.7 Å². The number of rotatable bonds is 4. The number of carbonyl (C=O) groups excluding carboxylic acids is 1. The molecule has 0 spiro atoms. The highest BCUT2D eigenvalue weighted by Gasteiger charge is 2.32. The van der Waals surface area contributed by atoms with Crippen LogP contribution in [0.25, 0.3) is 0 Å². The van der Waals surface area contributed by atoms with Crippen LogP contribution in [0.2, 0.25) is 0 Å². The van der Waals surface area contributed by atoms with E-state index in [1.165, 1.54) is 0 Å². The van der Waals surface area contributed by atoms with Crippen LogP contribution in [0.5, 0.6) is 0 Å². The van der Waals surface area contributed by atoms with Gasteiger partial charge in [-0.2, -0.15) is 0 Å². The zero-order valence-corrected chi connectivity index (χ0v) is 17.4. The number of amides is 1. The van der Waals surface area contributed by atoms with E-state index in [1.807, 2.05) is 35.2 Å². The third kappa shape index (κ3) is 4.35. The van der Waals surface area contributed by atoms with Gasteiger partial charge < -0.3 is 9.80 Å². The van der Waals surface area contributed by atoms with Gasteiger partial charge in [-0.3, -0.25) is 4.79 Å². The lowest BCUT2D eigenvalue weighted by Crippen LogP contribution is -2.49. The molecule has 1 fully saturated rings. The Hall–Kier alpha value is -2.41. The van der Waals surface area contributed by atoms with E-state index >= 15 is 0 Å². The smallest absolute Gasteiger partial charge is 0.227 e. The summed E-state index contributed by atoms with van der Waals surface area (Å²) in [6.45, 7) is 7.71. The second-order valence-corrected chi connectivity index (χ2v) is 10.7. The van der Waals surface area contributed by atoms with Crippen LogP contribution >= 0.6 is 0 Å². The molecule has 0 atom stereocenters. The Morgan fingerprint density at radius 1 is 1.00 bits per heavy atom. The standard InChI is InChI=1S/C21H27N3O3S/c1-21(2,3)28(26,27)19-10-9-18(16-22-19)23-11-13-24(14-12-23)20(25)15-17-7-5-4-6-8-17/h4-10,16H,11-15H2,1-3H3. The average molecular weight is 402 g/mol. The highest BCUT2D eigenvalue weighted by molar-refractivity contribution is 7.92. The summed E-state index contributed by atoms with van der Waals surface area (Å²) in [6.07, 6.45) is 2.03. The minimum Gasteiger partial charge on any atom is -0.367 e. The maximum Gasteiger partial charge on any atom is 0.227 e. The maximum absolute atomic E-state index is 12.5. The average Bonchev–Trinajstić information content (AvgIpc) is 2.68. The van der Waals surface area contributed by atoms with Crippen LogP contribution in [-0.2, 0) is 21.1 Å². The molecule has 1 aliphatic rings. The van der Waals surface area contributed by atoms with Crippen molar-refractivity contribution in [3.05, 3.63) is 54.2 Å². The van der Waals surface area contributed by atoms with Gasteiger partial charge in [0.15, 0.2) is 14.9 Å². The van der Waals surface area contributed by atoms with Gasteiger partial charge in [0.05, 0.1) is 23.1 Å². The molecule has 28 heavy (non-hydrogen) atoms. The minimum atomic E-state index is -3.46. The molecule has 0 saturated carbocycles. The van der Waals surface area contributed by atoms with Crippen LogP contribution < -0.4 is 4.90 Å². The molecule has 7 heteroatoms. The fourth-order valence-electron chi connectivity index (χ4n) is 3.13. The lowest BCUT2D eigenvalue weighted by molar-refractivity contribution is -0.130. The fourth-order valence-corrected chi connectivity index (χ4v) is 4.19. The number of hydrogen-bond acceptors (Lipinski definition) is 5. The van der Waals surface area contributed by atoms with Crippen molar-refractivity contribution in [2.45, 2.75) is 37.0 Å². The molecule has 0 aliphatic carbocycles. The van der Waals surface area contributed by atoms with Crippen molar-refractivity contribution in [3.63, 3.8) is 0 Å². The van der Waals surface area contributed by atoms with E-state index in [1.54, 1.807) is 39.1 Å². The molecule has 2 aromatic rings. The maximum atomic E-state index is 12.5. The third-order valence-electron chi connectivity index (χ3n) is 5.00. The van der Waals surface area contributed by atoms with Crippen molar-refractivity contribution >= 4 is 21.4 Å². The zero-order chi connectivity index (χ0) is 20.4. The van der Waals surface area contributed by atoms with E-state index in [2.05, 4.69) is 9.88 Å². The first-order chi connectivity index (χ1) is 13.2. The van der Waals surface area contributed by atoms with Crippen molar-refractivity contribution in [2.75, 3.05) is 31.1 Å². The number of benzene rings is 1. The predicted octanol–water partition coefficient (Wildman–Crippen LogP) is 2.55. The summed E-state index contributed by atoms with van der Waals surface area (Å²) in [4.78, 5) is 20.7. The molecule has 0 radical (unpaired) electrons. The first-order valence-corrected chi connectivity index (χ1v) is 10.9. The number of anilines is 1. The number of nitrogens with zero attached hydrogens (tertiary/aromatic N) is 3. The molecule has 0 unspecified atom stereocenters. The molecular weight excluding hydrogens is 374 g/mol. The number of carbonyl (C=O) groups is 1. The Labute approximate surface area is 167 Å². The van der Waals surface area contributed by atoms with Crippen molar-refractivity contribution in [2.24, 2.45) is 0 Å². The summed E-state index contributed by atoms with van der Waals surface area (Å²) in [5, 5.41) is 0.0976. The Kier molecular flexibility index (Phi) is 5.74. The van der Waals surface area contributed by atoms with Crippen molar-refractivity contribution < 1.29 is 13.2 Å². The Morgan fingerprint density at radius 3 is 2.18 bits per heavy atom. The predicted molar refractivity (Wildman–Crippen MR) is 110 cm³/mol. The highest BCUT2D eigenvalue weighted by atomic mass is 32.2. The molecule has 2 heterocycles. The van der Waals surface area contributed by atoms with Gasteiger partial charge in [0, 0.05) is 26.2 Å². The van der Waals surface area contributed by atoms with Gasteiger partial charge in [0.1, 0.15) is 0 Å². The molecule has 0 N–H and O–H groups in total. The molecular formula is C21H27N3O3S. The zero-order valence-electron chi connectivity index (χ0n) is 16.6. The van der Waals surface area contributed by atoms with Gasteiger partial charge in [-0.1, -0.05) is 30.3 Å².